The molecule has 0 aromatic carbocycles. The highest BCUT2D eigenvalue weighted by Crippen LogP contribution is 2.17. The van der Waals surface area contributed by atoms with Crippen molar-refractivity contribution in [2.24, 2.45) is 0 Å². The van der Waals surface area contributed by atoms with Gasteiger partial charge in [0.25, 0.3) is 0 Å². The van der Waals surface area contributed by atoms with E-state index in [0.717, 1.165) is 18.5 Å². The summed E-state index contributed by atoms with van der Waals surface area (Å²) in [6, 6.07) is 4.17. The Morgan fingerprint density at radius 2 is 2.33 bits per heavy atom. The molecule has 0 spiro atoms. The zero-order valence-electron chi connectivity index (χ0n) is 9.55. The maximum Gasteiger partial charge on any atom is 0.224 e. The van der Waals surface area contributed by atoms with Crippen LogP contribution >= 0.6 is 11.3 Å². The lowest BCUT2D eigenvalue weighted by Crippen LogP contribution is -2.08. The van der Waals surface area contributed by atoms with E-state index in [2.05, 4.69) is 42.8 Å². The fourth-order valence-electron chi connectivity index (χ4n) is 1.74. The lowest BCUT2D eigenvalue weighted by atomic mass is 10.3. The third kappa shape index (κ3) is 2.12. The minimum Gasteiger partial charge on any atom is -0.368 e. The Bertz CT molecular complexity index is 645. The van der Waals surface area contributed by atoms with Gasteiger partial charge in [-0.2, -0.15) is 9.97 Å². The van der Waals surface area contributed by atoms with Gasteiger partial charge in [-0.05, 0) is 17.9 Å². The van der Waals surface area contributed by atoms with E-state index < -0.39 is 0 Å². The average Bonchev–Trinajstić information content (AvgIpc) is 2.98. The molecule has 0 saturated heterocycles. The Labute approximate surface area is 107 Å². The van der Waals surface area contributed by atoms with Gasteiger partial charge in [0.15, 0.2) is 11.5 Å². The van der Waals surface area contributed by atoms with E-state index in [4.69, 9.17) is 5.73 Å². The first-order valence-corrected chi connectivity index (χ1v) is 6.44. The van der Waals surface area contributed by atoms with Crippen LogP contribution in [0.4, 0.5) is 11.8 Å². The molecule has 0 bridgehead atoms. The maximum absolute atomic E-state index is 5.64. The number of rotatable bonds is 4. The summed E-state index contributed by atoms with van der Waals surface area (Å²) >= 11 is 1.75. The quantitative estimate of drug-likeness (QED) is 0.663. The van der Waals surface area contributed by atoms with Gasteiger partial charge in [0, 0.05) is 11.4 Å². The normalized spacial score (nSPS) is 10.9. The van der Waals surface area contributed by atoms with Gasteiger partial charge in [-0.3, -0.25) is 0 Å². The third-order valence-corrected chi connectivity index (χ3v) is 3.48. The Balaban J connectivity index is 1.75. The molecular weight excluding hydrogens is 248 g/mol. The monoisotopic (exact) mass is 260 g/mol. The van der Waals surface area contributed by atoms with Crippen LogP contribution in [0.2, 0.25) is 0 Å². The van der Waals surface area contributed by atoms with Gasteiger partial charge in [0.1, 0.15) is 5.52 Å². The van der Waals surface area contributed by atoms with Crippen LogP contribution in [0.3, 0.4) is 0 Å². The number of anilines is 2. The molecule has 92 valence electrons. The molecule has 3 aromatic heterocycles. The van der Waals surface area contributed by atoms with Gasteiger partial charge in [-0.25, -0.2) is 4.98 Å². The van der Waals surface area contributed by atoms with Gasteiger partial charge in [-0.15, -0.1) is 11.3 Å². The highest BCUT2D eigenvalue weighted by Gasteiger charge is 2.07. The molecule has 4 N–H and O–H groups in total. The lowest BCUT2D eigenvalue weighted by molar-refractivity contribution is 1.03. The van der Waals surface area contributed by atoms with Crippen LogP contribution in [0.5, 0.6) is 0 Å². The van der Waals surface area contributed by atoms with Crippen LogP contribution in [0.25, 0.3) is 11.2 Å². The van der Waals surface area contributed by atoms with E-state index in [1.165, 1.54) is 4.88 Å². The molecule has 0 amide bonds. The largest absolute Gasteiger partial charge is 0.368 e. The highest BCUT2D eigenvalue weighted by molar-refractivity contribution is 7.09. The second kappa shape index (κ2) is 4.61. The first-order valence-electron chi connectivity index (χ1n) is 5.56. The molecule has 0 fully saturated rings. The van der Waals surface area contributed by atoms with Crippen LogP contribution in [-0.4, -0.2) is 26.5 Å². The van der Waals surface area contributed by atoms with E-state index in [1.54, 1.807) is 17.7 Å². The Morgan fingerprint density at radius 3 is 3.17 bits per heavy atom. The number of hydrogen-bond donors (Lipinski definition) is 3. The number of nitrogen functional groups attached to an aromatic ring is 1. The molecule has 0 saturated carbocycles. The van der Waals surface area contributed by atoms with Gasteiger partial charge >= 0.3 is 0 Å². The second-order valence-electron chi connectivity index (χ2n) is 3.79. The van der Waals surface area contributed by atoms with Gasteiger partial charge < -0.3 is 16.0 Å². The molecule has 3 aromatic rings. The van der Waals surface area contributed by atoms with E-state index >= 15 is 0 Å². The summed E-state index contributed by atoms with van der Waals surface area (Å²) in [5, 5.41) is 5.33. The number of aromatic amines is 1. The van der Waals surface area contributed by atoms with Crippen molar-refractivity contribution >= 4 is 34.3 Å². The van der Waals surface area contributed by atoms with E-state index in [1.807, 2.05) is 0 Å². The number of nitrogens with zero attached hydrogens (tertiary/aromatic N) is 3. The SMILES string of the molecule is Nc1nc(NCCc2cccs2)c2[nH]cnc2n1. The average molecular weight is 260 g/mol. The summed E-state index contributed by atoms with van der Waals surface area (Å²) < 4.78 is 0. The molecular formula is C11H12N6S. The summed E-state index contributed by atoms with van der Waals surface area (Å²) in [5.74, 6) is 0.930. The van der Waals surface area contributed by atoms with Crippen molar-refractivity contribution in [3.05, 3.63) is 28.7 Å². The molecule has 6 nitrogen and oxygen atoms in total. The molecule has 3 heterocycles. The van der Waals surface area contributed by atoms with Crippen molar-refractivity contribution in [2.75, 3.05) is 17.6 Å². The Morgan fingerprint density at radius 1 is 1.39 bits per heavy atom. The molecule has 0 aliphatic rings. The van der Waals surface area contributed by atoms with Gasteiger partial charge in [0.05, 0.1) is 6.33 Å². The number of H-pyrrole nitrogens is 1. The number of hydrogen-bond acceptors (Lipinski definition) is 6. The first kappa shape index (κ1) is 11.0. The summed E-state index contributed by atoms with van der Waals surface area (Å²) in [6.45, 7) is 0.797. The molecule has 0 atom stereocenters. The zero-order valence-corrected chi connectivity index (χ0v) is 10.4. The van der Waals surface area contributed by atoms with Crippen molar-refractivity contribution in [1.82, 2.24) is 19.9 Å². The predicted octanol–water partition coefficient (Wildman–Crippen LogP) is 1.65. The van der Waals surface area contributed by atoms with Crippen LogP contribution in [0, 0.1) is 0 Å². The van der Waals surface area contributed by atoms with E-state index in [0.29, 0.717) is 11.5 Å². The maximum atomic E-state index is 5.64. The van der Waals surface area contributed by atoms with Crippen molar-refractivity contribution in [3.63, 3.8) is 0 Å². The molecule has 0 unspecified atom stereocenters. The minimum absolute atomic E-state index is 0.230. The van der Waals surface area contributed by atoms with Gasteiger partial charge in [0.2, 0.25) is 5.95 Å². The number of aromatic nitrogens is 4. The number of thiophene rings is 1. The third-order valence-electron chi connectivity index (χ3n) is 2.55. The van der Waals surface area contributed by atoms with E-state index in [9.17, 15) is 0 Å². The number of fused-ring (bicyclic) bond motifs is 1. The Kier molecular flexibility index (Phi) is 2.81. The summed E-state index contributed by atoms with van der Waals surface area (Å²) in [6.07, 6.45) is 2.54. The second-order valence-corrected chi connectivity index (χ2v) is 4.82. The smallest absolute Gasteiger partial charge is 0.224 e. The fraction of sp³-hybridized carbons (Fsp3) is 0.182. The molecule has 18 heavy (non-hydrogen) atoms. The van der Waals surface area contributed by atoms with Crippen molar-refractivity contribution in [2.45, 2.75) is 6.42 Å². The summed E-state index contributed by atoms with van der Waals surface area (Å²) in [4.78, 5) is 16.6. The number of imidazole rings is 1. The molecule has 0 aliphatic carbocycles. The zero-order chi connectivity index (χ0) is 12.4. The van der Waals surface area contributed by atoms with Crippen LogP contribution in [-0.2, 0) is 6.42 Å². The molecule has 0 aliphatic heterocycles. The molecule has 3 rings (SSSR count). The fourth-order valence-corrected chi connectivity index (χ4v) is 2.45. The molecule has 0 radical (unpaired) electrons. The number of nitrogens with two attached hydrogens (primary N) is 1. The minimum atomic E-state index is 0.230. The standard InChI is InChI=1S/C11H12N6S/c12-11-16-9(8-10(17-11)15-6-14-8)13-4-3-7-2-1-5-18-7/h1-2,5-6H,3-4H2,(H4,12,13,14,15,16,17). The van der Waals surface area contributed by atoms with Crippen LogP contribution in [0.1, 0.15) is 4.88 Å². The van der Waals surface area contributed by atoms with Crippen molar-refractivity contribution in [1.29, 1.82) is 0 Å². The summed E-state index contributed by atoms with van der Waals surface area (Å²) in [7, 11) is 0. The highest BCUT2D eigenvalue weighted by atomic mass is 32.1. The predicted molar refractivity (Wildman–Crippen MR) is 72.6 cm³/mol. The van der Waals surface area contributed by atoms with Crippen LogP contribution in [0.15, 0.2) is 23.8 Å². The van der Waals surface area contributed by atoms with Gasteiger partial charge in [-0.1, -0.05) is 6.07 Å². The first-order chi connectivity index (χ1) is 8.83. The van der Waals surface area contributed by atoms with Crippen molar-refractivity contribution in [3.8, 4) is 0 Å². The number of nitrogens with one attached hydrogen (secondary N) is 2. The summed E-state index contributed by atoms with van der Waals surface area (Å²) in [5.41, 5.74) is 7.01. The van der Waals surface area contributed by atoms with Crippen LogP contribution < -0.4 is 11.1 Å². The van der Waals surface area contributed by atoms with Crippen molar-refractivity contribution < 1.29 is 0 Å². The lowest BCUT2D eigenvalue weighted by Gasteiger charge is -2.05. The van der Waals surface area contributed by atoms with E-state index in [-0.39, 0.29) is 5.95 Å². The molecule has 7 heteroatoms. The topological polar surface area (TPSA) is 92.5 Å². The Hall–Kier alpha value is -2.15.